The first-order valence-corrected chi connectivity index (χ1v) is 17.0. The van der Waals surface area contributed by atoms with E-state index in [4.69, 9.17) is 9.47 Å². The van der Waals surface area contributed by atoms with E-state index in [1.165, 1.54) is 30.6 Å². The van der Waals surface area contributed by atoms with Crippen LogP contribution in [0.2, 0.25) is 0 Å². The number of sulfonamides is 1. The van der Waals surface area contributed by atoms with Crippen LogP contribution in [0.4, 0.5) is 5.69 Å². The fourth-order valence-corrected chi connectivity index (χ4v) is 7.13. The van der Waals surface area contributed by atoms with E-state index in [1.54, 1.807) is 42.2 Å². The molecule has 0 spiro atoms. The van der Waals surface area contributed by atoms with Crippen molar-refractivity contribution in [3.05, 3.63) is 84.1 Å². The standard InChI is InChI=1S/C35H42N4O7S/c1-23-19-39(24(2)22-40)35(42)18-25-16-27(36-34(41)17-26-20-37(3)31-9-7-6-8-30(26)31)10-15-32(25)46-33(23)21-38(4)47(43,44)29-13-11-28(45-5)12-14-29/h6-16,20,23-24,33,40H,17-19,21-22H2,1-5H3,(H,36,41)/t23-,24+,33+/m0/s1. The van der Waals surface area contributed by atoms with E-state index in [0.29, 0.717) is 22.7 Å². The molecule has 0 radical (unpaired) electrons. The molecule has 2 amide bonds. The normalized spacial score (nSPS) is 17.8. The SMILES string of the molecule is COc1ccc(S(=O)(=O)N(C)C[C@H]2Oc3ccc(NC(=O)Cc4cn(C)c5ccccc45)cc3CC(=O)N([C@H](C)CO)C[C@@H]2C)cc1. The zero-order chi connectivity index (χ0) is 33.9. The van der Waals surface area contributed by atoms with Crippen molar-refractivity contribution in [2.75, 3.05) is 39.2 Å². The van der Waals surface area contributed by atoms with Crippen LogP contribution in [0.5, 0.6) is 11.5 Å². The number of methoxy groups -OCH3 is 1. The summed E-state index contributed by atoms with van der Waals surface area (Å²) in [5.74, 6) is 0.262. The quantitative estimate of drug-likeness (QED) is 0.264. The second-order valence-corrected chi connectivity index (χ2v) is 14.2. The minimum atomic E-state index is -3.87. The third kappa shape index (κ3) is 7.45. The van der Waals surface area contributed by atoms with Crippen LogP contribution in [-0.2, 0) is 39.5 Å². The molecule has 12 heteroatoms. The molecule has 1 aromatic heterocycles. The number of anilines is 1. The monoisotopic (exact) mass is 662 g/mol. The summed E-state index contributed by atoms with van der Waals surface area (Å²) in [4.78, 5) is 28.5. The van der Waals surface area contributed by atoms with Crippen LogP contribution < -0.4 is 14.8 Å². The first-order valence-electron chi connectivity index (χ1n) is 15.5. The van der Waals surface area contributed by atoms with Crippen LogP contribution >= 0.6 is 0 Å². The lowest BCUT2D eigenvalue weighted by Crippen LogP contribution is -2.48. The molecule has 0 fully saturated rings. The van der Waals surface area contributed by atoms with Crippen molar-refractivity contribution < 1.29 is 32.6 Å². The summed E-state index contributed by atoms with van der Waals surface area (Å²) in [7, 11) is 1.08. The Bertz CT molecular complexity index is 1860. The molecule has 0 bridgehead atoms. The van der Waals surface area contributed by atoms with Gasteiger partial charge in [-0.05, 0) is 61.0 Å². The van der Waals surface area contributed by atoms with Gasteiger partial charge in [0.2, 0.25) is 21.8 Å². The Morgan fingerprint density at radius 2 is 1.87 bits per heavy atom. The molecular weight excluding hydrogens is 620 g/mol. The molecule has 2 N–H and O–H groups in total. The molecule has 4 aromatic rings. The number of aliphatic hydroxyl groups is 1. The number of rotatable bonds is 10. The molecule has 2 heterocycles. The Balaban J connectivity index is 1.40. The molecule has 0 saturated heterocycles. The molecule has 11 nitrogen and oxygen atoms in total. The number of likely N-dealkylation sites (N-methyl/N-ethyl adjacent to an activating group) is 1. The number of para-hydroxylation sites is 1. The molecule has 5 rings (SSSR count). The first kappa shape index (κ1) is 34.0. The summed E-state index contributed by atoms with van der Waals surface area (Å²) >= 11 is 0. The lowest BCUT2D eigenvalue weighted by Gasteiger charge is -2.33. The van der Waals surface area contributed by atoms with Gasteiger partial charge in [0.05, 0.1) is 44.0 Å². The molecule has 3 atom stereocenters. The van der Waals surface area contributed by atoms with Crippen molar-refractivity contribution in [1.82, 2.24) is 13.8 Å². The number of nitrogens with zero attached hydrogens (tertiary/aromatic N) is 3. The zero-order valence-corrected chi connectivity index (χ0v) is 28.2. The topological polar surface area (TPSA) is 130 Å². The average Bonchev–Trinajstić information content (AvgIpc) is 3.39. The summed E-state index contributed by atoms with van der Waals surface area (Å²) in [5, 5.41) is 13.9. The van der Waals surface area contributed by atoms with E-state index in [1.807, 2.05) is 49.0 Å². The molecule has 1 aliphatic rings. The van der Waals surface area contributed by atoms with Crippen LogP contribution in [-0.4, -0.2) is 85.1 Å². The van der Waals surface area contributed by atoms with Gasteiger partial charge >= 0.3 is 0 Å². The van der Waals surface area contributed by atoms with Gasteiger partial charge in [-0.2, -0.15) is 4.31 Å². The van der Waals surface area contributed by atoms with Crippen molar-refractivity contribution >= 4 is 38.4 Å². The van der Waals surface area contributed by atoms with Crippen LogP contribution in [0, 0.1) is 5.92 Å². The fraction of sp³-hybridized carbons (Fsp3) is 0.371. The number of aromatic nitrogens is 1. The number of aliphatic hydroxyl groups excluding tert-OH is 1. The lowest BCUT2D eigenvalue weighted by molar-refractivity contribution is -0.134. The molecule has 47 heavy (non-hydrogen) atoms. The fourth-order valence-electron chi connectivity index (χ4n) is 5.95. The number of fused-ring (bicyclic) bond motifs is 2. The number of carbonyl (C=O) groups excluding carboxylic acids is 2. The van der Waals surface area contributed by atoms with Crippen LogP contribution in [0.1, 0.15) is 25.0 Å². The Morgan fingerprint density at radius 1 is 1.15 bits per heavy atom. The van der Waals surface area contributed by atoms with Crippen LogP contribution in [0.3, 0.4) is 0 Å². The predicted molar refractivity (Wildman–Crippen MR) is 180 cm³/mol. The Kier molecular flexibility index (Phi) is 10.2. The van der Waals surface area contributed by atoms with Gasteiger partial charge in [0, 0.05) is 54.9 Å². The van der Waals surface area contributed by atoms with E-state index in [2.05, 4.69) is 5.32 Å². The zero-order valence-electron chi connectivity index (χ0n) is 27.3. The van der Waals surface area contributed by atoms with Gasteiger partial charge in [-0.1, -0.05) is 25.1 Å². The summed E-state index contributed by atoms with van der Waals surface area (Å²) < 4.78 is 41.9. The maximum Gasteiger partial charge on any atom is 0.242 e. The van der Waals surface area contributed by atoms with Crippen LogP contribution in [0.25, 0.3) is 10.9 Å². The smallest absolute Gasteiger partial charge is 0.242 e. The summed E-state index contributed by atoms with van der Waals surface area (Å²) in [6.07, 6.45) is 1.46. The maximum atomic E-state index is 13.6. The van der Waals surface area contributed by atoms with Gasteiger partial charge in [0.1, 0.15) is 17.6 Å². The highest BCUT2D eigenvalue weighted by Crippen LogP contribution is 2.30. The summed E-state index contributed by atoms with van der Waals surface area (Å²) in [6.45, 7) is 3.70. The van der Waals surface area contributed by atoms with Crippen molar-refractivity contribution in [1.29, 1.82) is 0 Å². The van der Waals surface area contributed by atoms with Crippen molar-refractivity contribution in [2.24, 2.45) is 13.0 Å². The number of aryl methyl sites for hydroxylation is 1. The van der Waals surface area contributed by atoms with Gasteiger partial charge in [-0.15, -0.1) is 0 Å². The Morgan fingerprint density at radius 3 is 2.57 bits per heavy atom. The minimum absolute atomic E-state index is 0.00796. The minimum Gasteiger partial charge on any atom is -0.497 e. The Hall–Kier alpha value is -4.39. The van der Waals surface area contributed by atoms with Crippen molar-refractivity contribution in [3.63, 3.8) is 0 Å². The lowest BCUT2D eigenvalue weighted by atomic mass is 10.0. The molecular formula is C35H42N4O7S. The van der Waals surface area contributed by atoms with Crippen molar-refractivity contribution in [2.45, 2.75) is 43.7 Å². The molecule has 0 saturated carbocycles. The highest BCUT2D eigenvalue weighted by Gasteiger charge is 2.33. The van der Waals surface area contributed by atoms with Crippen LogP contribution in [0.15, 0.2) is 77.8 Å². The number of nitrogens with one attached hydrogen (secondary N) is 1. The van der Waals surface area contributed by atoms with E-state index in [-0.39, 0.29) is 55.2 Å². The molecule has 3 aromatic carbocycles. The van der Waals surface area contributed by atoms with E-state index in [9.17, 15) is 23.1 Å². The highest BCUT2D eigenvalue weighted by atomic mass is 32.2. The van der Waals surface area contributed by atoms with E-state index >= 15 is 0 Å². The number of ether oxygens (including phenoxy) is 2. The number of hydrogen-bond acceptors (Lipinski definition) is 7. The van der Waals surface area contributed by atoms with Crippen molar-refractivity contribution in [3.8, 4) is 11.5 Å². The summed E-state index contributed by atoms with van der Waals surface area (Å²) in [6, 6.07) is 18.8. The highest BCUT2D eigenvalue weighted by molar-refractivity contribution is 7.89. The number of amides is 2. The molecule has 0 unspecified atom stereocenters. The van der Waals surface area contributed by atoms with Gasteiger partial charge < -0.3 is 29.4 Å². The number of carbonyl (C=O) groups is 2. The number of hydrogen-bond donors (Lipinski definition) is 2. The van der Waals surface area contributed by atoms with Gasteiger partial charge in [-0.25, -0.2) is 8.42 Å². The maximum absolute atomic E-state index is 13.6. The number of benzene rings is 3. The predicted octanol–water partition coefficient (Wildman–Crippen LogP) is 3.84. The molecule has 0 aliphatic carbocycles. The largest absolute Gasteiger partial charge is 0.497 e. The first-order chi connectivity index (χ1) is 22.4. The van der Waals surface area contributed by atoms with Gasteiger partial charge in [-0.3, -0.25) is 9.59 Å². The van der Waals surface area contributed by atoms with E-state index in [0.717, 1.165) is 16.5 Å². The van der Waals surface area contributed by atoms with Gasteiger partial charge in [0.25, 0.3) is 0 Å². The third-order valence-corrected chi connectivity index (χ3v) is 10.6. The van der Waals surface area contributed by atoms with Gasteiger partial charge in [0.15, 0.2) is 0 Å². The second-order valence-electron chi connectivity index (χ2n) is 12.2. The Labute approximate surface area is 275 Å². The van der Waals surface area contributed by atoms with E-state index < -0.39 is 22.2 Å². The second kappa shape index (κ2) is 14.2. The summed E-state index contributed by atoms with van der Waals surface area (Å²) in [5.41, 5.74) is 3.00. The third-order valence-electron chi connectivity index (χ3n) is 8.74. The average molecular weight is 663 g/mol. The molecule has 1 aliphatic heterocycles. The molecule has 250 valence electrons.